The molecule has 0 fully saturated rings. The number of rotatable bonds is 3. The predicted octanol–water partition coefficient (Wildman–Crippen LogP) is 4.78. The molecule has 0 atom stereocenters. The van der Waals surface area contributed by atoms with E-state index < -0.39 is 5.82 Å². The molecule has 19 heavy (non-hydrogen) atoms. The van der Waals surface area contributed by atoms with Crippen molar-refractivity contribution in [2.45, 2.75) is 0 Å². The molecule has 0 aliphatic heterocycles. The molecule has 2 nitrogen and oxygen atoms in total. The Morgan fingerprint density at radius 3 is 2.37 bits per heavy atom. The smallest absolute Gasteiger partial charge is 0.166 e. The highest BCUT2D eigenvalue weighted by atomic mass is 79.9. The van der Waals surface area contributed by atoms with E-state index in [1.54, 1.807) is 18.2 Å². The zero-order valence-corrected chi connectivity index (χ0v) is 13.5. The lowest BCUT2D eigenvalue weighted by atomic mass is 10.2. The third kappa shape index (κ3) is 3.52. The molecule has 0 spiro atoms. The van der Waals surface area contributed by atoms with Crippen LogP contribution in [0.15, 0.2) is 45.3 Å². The summed E-state index contributed by atoms with van der Waals surface area (Å²) in [5.74, 6) is 0.119. The highest BCUT2D eigenvalue weighted by molar-refractivity contribution is 9.11. The van der Waals surface area contributed by atoms with Crippen molar-refractivity contribution in [1.82, 2.24) is 0 Å². The molecule has 2 aromatic rings. The van der Waals surface area contributed by atoms with Gasteiger partial charge in [-0.1, -0.05) is 28.1 Å². The molecule has 0 aliphatic rings. The van der Waals surface area contributed by atoms with E-state index in [2.05, 4.69) is 31.9 Å². The van der Waals surface area contributed by atoms with Crippen LogP contribution in [-0.2, 0) is 0 Å². The van der Waals surface area contributed by atoms with Crippen molar-refractivity contribution in [3.8, 4) is 11.5 Å². The predicted molar refractivity (Wildman–Crippen MR) is 84.2 cm³/mol. The van der Waals surface area contributed by atoms with E-state index in [-0.39, 0.29) is 10.7 Å². The third-order valence-electron chi connectivity index (χ3n) is 2.33. The van der Waals surface area contributed by atoms with Gasteiger partial charge in [0.25, 0.3) is 0 Å². The summed E-state index contributed by atoms with van der Waals surface area (Å²) in [6.45, 7) is 0. The summed E-state index contributed by atoms with van der Waals surface area (Å²) in [5, 5.41) is 0. The number of halogens is 3. The summed E-state index contributed by atoms with van der Waals surface area (Å²) < 4.78 is 21.0. The van der Waals surface area contributed by atoms with Crippen molar-refractivity contribution in [2.75, 3.05) is 0 Å². The number of benzene rings is 2. The van der Waals surface area contributed by atoms with E-state index >= 15 is 0 Å². The van der Waals surface area contributed by atoms with Gasteiger partial charge < -0.3 is 10.5 Å². The van der Waals surface area contributed by atoms with Crippen molar-refractivity contribution in [3.05, 3.63) is 56.7 Å². The van der Waals surface area contributed by atoms with Crippen LogP contribution in [0.25, 0.3) is 0 Å². The van der Waals surface area contributed by atoms with Crippen LogP contribution in [0.1, 0.15) is 5.56 Å². The molecule has 0 heterocycles. The largest absolute Gasteiger partial charge is 0.453 e. The van der Waals surface area contributed by atoms with Gasteiger partial charge in [-0.3, -0.25) is 0 Å². The van der Waals surface area contributed by atoms with Crippen LogP contribution in [0.5, 0.6) is 11.5 Å². The monoisotopic (exact) mass is 403 g/mol. The highest BCUT2D eigenvalue weighted by Gasteiger charge is 2.09. The van der Waals surface area contributed by atoms with E-state index in [0.717, 1.165) is 8.95 Å². The maximum absolute atomic E-state index is 13.8. The molecule has 0 radical (unpaired) electrons. The molecule has 0 saturated heterocycles. The van der Waals surface area contributed by atoms with Crippen LogP contribution < -0.4 is 10.5 Å². The molecule has 2 rings (SSSR count). The van der Waals surface area contributed by atoms with Crippen molar-refractivity contribution in [3.63, 3.8) is 0 Å². The summed E-state index contributed by atoms with van der Waals surface area (Å²) in [4.78, 5) is 0.148. The van der Waals surface area contributed by atoms with Crippen molar-refractivity contribution in [2.24, 2.45) is 5.73 Å². The van der Waals surface area contributed by atoms with Gasteiger partial charge in [-0.25, -0.2) is 4.39 Å². The SMILES string of the molecule is NC(=S)c1ccc(Oc2ccc(Br)cc2Br)c(F)c1. The molecular weight excluding hydrogens is 397 g/mol. The van der Waals surface area contributed by atoms with Gasteiger partial charge in [0.2, 0.25) is 0 Å². The van der Waals surface area contributed by atoms with E-state index in [1.165, 1.54) is 12.1 Å². The molecule has 0 aromatic heterocycles. The third-order valence-corrected chi connectivity index (χ3v) is 3.68. The second kappa shape index (κ2) is 5.98. The van der Waals surface area contributed by atoms with Gasteiger partial charge in [0.1, 0.15) is 10.7 Å². The Hall–Kier alpha value is -0.980. The molecule has 0 unspecified atom stereocenters. The van der Waals surface area contributed by atoms with Crippen LogP contribution in [-0.4, -0.2) is 4.99 Å². The van der Waals surface area contributed by atoms with Crippen molar-refractivity contribution in [1.29, 1.82) is 0 Å². The van der Waals surface area contributed by atoms with Crippen LogP contribution in [0.2, 0.25) is 0 Å². The molecule has 0 bridgehead atoms. The van der Waals surface area contributed by atoms with Crippen LogP contribution in [0.4, 0.5) is 4.39 Å². The summed E-state index contributed by atoms with van der Waals surface area (Å²) in [7, 11) is 0. The van der Waals surface area contributed by atoms with Gasteiger partial charge >= 0.3 is 0 Å². The molecule has 6 heteroatoms. The summed E-state index contributed by atoms with van der Waals surface area (Å²) in [5.41, 5.74) is 5.90. The second-order valence-electron chi connectivity index (χ2n) is 3.69. The first-order valence-electron chi connectivity index (χ1n) is 5.19. The van der Waals surface area contributed by atoms with E-state index in [0.29, 0.717) is 11.3 Å². The lowest BCUT2D eigenvalue weighted by Crippen LogP contribution is -2.09. The number of thiocarbonyl (C=S) groups is 1. The molecule has 98 valence electrons. The van der Waals surface area contributed by atoms with Gasteiger partial charge in [0.05, 0.1) is 4.47 Å². The fourth-order valence-electron chi connectivity index (χ4n) is 1.41. The Morgan fingerprint density at radius 2 is 1.79 bits per heavy atom. The Bertz CT molecular complexity index is 649. The summed E-state index contributed by atoms with van der Waals surface area (Å²) in [6, 6.07) is 9.73. The lowest BCUT2D eigenvalue weighted by molar-refractivity contribution is 0.440. The Balaban J connectivity index is 2.31. The second-order valence-corrected chi connectivity index (χ2v) is 5.90. The number of hydrogen-bond donors (Lipinski definition) is 1. The maximum atomic E-state index is 13.8. The molecule has 0 aliphatic carbocycles. The van der Waals surface area contributed by atoms with Gasteiger partial charge in [-0.15, -0.1) is 0 Å². The average molecular weight is 405 g/mol. The zero-order valence-electron chi connectivity index (χ0n) is 9.49. The van der Waals surface area contributed by atoms with Gasteiger partial charge in [-0.05, 0) is 52.3 Å². The van der Waals surface area contributed by atoms with E-state index in [4.69, 9.17) is 22.7 Å². The minimum atomic E-state index is -0.514. The first-order chi connectivity index (χ1) is 8.97. The number of hydrogen-bond acceptors (Lipinski definition) is 2. The highest BCUT2D eigenvalue weighted by Crippen LogP contribution is 2.33. The molecule has 0 amide bonds. The topological polar surface area (TPSA) is 35.2 Å². The number of ether oxygens (including phenoxy) is 1. The lowest BCUT2D eigenvalue weighted by Gasteiger charge is -2.09. The molecule has 2 aromatic carbocycles. The van der Waals surface area contributed by atoms with Gasteiger partial charge in [0.15, 0.2) is 11.6 Å². The Labute approximate surface area is 132 Å². The quantitative estimate of drug-likeness (QED) is 0.747. The standard InChI is InChI=1S/C13H8Br2FNOS/c14-8-2-4-11(9(15)6-8)18-12-3-1-7(13(17)19)5-10(12)16/h1-6H,(H2,17,19). The zero-order chi connectivity index (χ0) is 14.0. The summed E-state index contributed by atoms with van der Waals surface area (Å²) in [6.07, 6.45) is 0. The molecule has 0 saturated carbocycles. The fourth-order valence-corrected chi connectivity index (χ4v) is 2.67. The minimum absolute atomic E-state index is 0.114. The van der Waals surface area contributed by atoms with E-state index in [1.807, 2.05) is 6.07 Å². The maximum Gasteiger partial charge on any atom is 0.166 e. The average Bonchev–Trinajstić information content (AvgIpc) is 2.34. The van der Waals surface area contributed by atoms with E-state index in [9.17, 15) is 4.39 Å². The van der Waals surface area contributed by atoms with Crippen LogP contribution >= 0.6 is 44.1 Å². The van der Waals surface area contributed by atoms with Gasteiger partial charge in [-0.2, -0.15) is 0 Å². The first kappa shape index (κ1) is 14.4. The minimum Gasteiger partial charge on any atom is -0.453 e. The normalized spacial score (nSPS) is 10.3. The van der Waals surface area contributed by atoms with Gasteiger partial charge in [0, 0.05) is 10.0 Å². The fraction of sp³-hybridized carbons (Fsp3) is 0. The molecular formula is C13H8Br2FNOS. The van der Waals surface area contributed by atoms with Crippen LogP contribution in [0.3, 0.4) is 0 Å². The Kier molecular flexibility index (Phi) is 4.54. The first-order valence-corrected chi connectivity index (χ1v) is 7.19. The summed E-state index contributed by atoms with van der Waals surface area (Å²) >= 11 is 11.5. The Morgan fingerprint density at radius 1 is 1.11 bits per heavy atom. The van der Waals surface area contributed by atoms with Crippen LogP contribution in [0, 0.1) is 5.82 Å². The number of nitrogens with two attached hydrogens (primary N) is 1. The molecule has 2 N–H and O–H groups in total. The van der Waals surface area contributed by atoms with Crippen molar-refractivity contribution < 1.29 is 9.13 Å². The van der Waals surface area contributed by atoms with Crippen molar-refractivity contribution >= 4 is 49.1 Å².